The molecule has 0 unspecified atom stereocenters. The quantitative estimate of drug-likeness (QED) is 0.0810. The lowest BCUT2D eigenvalue weighted by Gasteiger charge is -2.33. The van der Waals surface area contributed by atoms with E-state index in [0.717, 1.165) is 0 Å². The molecule has 0 heterocycles. The number of hydrogen-bond acceptors (Lipinski definition) is 0. The monoisotopic (exact) mass is 624 g/mol. The van der Waals surface area contributed by atoms with Gasteiger partial charge in [-0.1, -0.05) is 186 Å². The molecular weight excluding hydrogens is 565 g/mol. The molecule has 1 aliphatic carbocycles. The lowest BCUT2D eigenvalue weighted by atomic mass is 9.70. The van der Waals surface area contributed by atoms with Gasteiger partial charge in [0.15, 0.2) is 0 Å². The van der Waals surface area contributed by atoms with Crippen LogP contribution in [0.3, 0.4) is 0 Å². The number of hydrogen-bond donors (Lipinski definition) is 0. The van der Waals surface area contributed by atoms with Gasteiger partial charge in [0.2, 0.25) is 0 Å². The zero-order valence-corrected chi connectivity index (χ0v) is 30.5. The van der Waals surface area contributed by atoms with Gasteiger partial charge in [-0.15, -0.1) is 0 Å². The van der Waals surface area contributed by atoms with Gasteiger partial charge < -0.3 is 0 Å². The molecule has 0 saturated heterocycles. The van der Waals surface area contributed by atoms with Crippen LogP contribution in [0, 0.1) is 20.8 Å². The molecule has 0 saturated carbocycles. The summed E-state index contributed by atoms with van der Waals surface area (Å²) in [6.07, 6.45) is 18.6. The van der Waals surface area contributed by atoms with Crippen molar-refractivity contribution < 1.29 is 0 Å². The van der Waals surface area contributed by atoms with Crippen molar-refractivity contribution in [3.05, 3.63) is 129 Å². The fourth-order valence-corrected chi connectivity index (χ4v) is 8.11. The summed E-state index contributed by atoms with van der Waals surface area (Å²) in [6.45, 7) is 13.6. The number of unbranched alkanes of at least 4 members (excludes halogenated alkanes) is 10. The fraction of sp³-hybridized carbons (Fsp3) is 0.447. The lowest BCUT2D eigenvalue weighted by Crippen LogP contribution is -2.26. The van der Waals surface area contributed by atoms with Crippen molar-refractivity contribution in [1.82, 2.24) is 0 Å². The number of allylic oxidation sites excluding steroid dienone is 1. The van der Waals surface area contributed by atoms with Gasteiger partial charge in [0.05, 0.1) is 0 Å². The van der Waals surface area contributed by atoms with Crippen molar-refractivity contribution in [2.24, 2.45) is 0 Å². The van der Waals surface area contributed by atoms with Gasteiger partial charge >= 0.3 is 0 Å². The van der Waals surface area contributed by atoms with Crippen molar-refractivity contribution in [2.75, 3.05) is 0 Å². The second-order valence-electron chi connectivity index (χ2n) is 14.7. The minimum Gasteiger partial charge on any atom is -0.0654 e. The highest BCUT2D eigenvalue weighted by Crippen LogP contribution is 2.55. The van der Waals surface area contributed by atoms with E-state index in [-0.39, 0.29) is 5.41 Å². The van der Waals surface area contributed by atoms with Gasteiger partial charge in [-0.2, -0.15) is 0 Å². The molecular formula is C47H60. The summed E-state index contributed by atoms with van der Waals surface area (Å²) in [5, 5.41) is 0. The molecule has 248 valence electrons. The topological polar surface area (TPSA) is 0 Å². The Kier molecular flexibility index (Phi) is 12.4. The first-order valence-electron chi connectivity index (χ1n) is 19.0. The summed E-state index contributed by atoms with van der Waals surface area (Å²) in [5.74, 6) is 0. The number of benzene rings is 4. The van der Waals surface area contributed by atoms with Gasteiger partial charge in [-0.3, -0.25) is 0 Å². The summed E-state index contributed by atoms with van der Waals surface area (Å²) in [6, 6.07) is 33.1. The van der Waals surface area contributed by atoms with E-state index < -0.39 is 0 Å². The largest absolute Gasteiger partial charge is 0.0654 e. The Bertz CT molecular complexity index is 1600. The maximum Gasteiger partial charge on any atom is 0.0215 e. The Morgan fingerprint density at radius 2 is 0.872 bits per heavy atom. The average molecular weight is 625 g/mol. The van der Waals surface area contributed by atoms with E-state index in [4.69, 9.17) is 0 Å². The number of aryl methyl sites for hydroxylation is 3. The molecule has 0 N–H and O–H groups in total. The van der Waals surface area contributed by atoms with Crippen molar-refractivity contribution in [3.63, 3.8) is 0 Å². The average Bonchev–Trinajstić information content (AvgIpc) is 3.33. The van der Waals surface area contributed by atoms with Crippen LogP contribution in [-0.4, -0.2) is 0 Å². The first kappa shape index (κ1) is 34.9. The van der Waals surface area contributed by atoms with Crippen molar-refractivity contribution in [1.29, 1.82) is 0 Å². The molecule has 0 amide bonds. The second kappa shape index (κ2) is 16.6. The molecule has 0 aliphatic heterocycles. The molecule has 0 aromatic heterocycles. The highest BCUT2D eigenvalue weighted by Gasteiger charge is 2.42. The Balaban J connectivity index is 1.63. The highest BCUT2D eigenvalue weighted by atomic mass is 14.5. The Hall–Kier alpha value is -3.38. The third-order valence-corrected chi connectivity index (χ3v) is 10.9. The van der Waals surface area contributed by atoms with E-state index >= 15 is 0 Å². The molecule has 0 radical (unpaired) electrons. The highest BCUT2D eigenvalue weighted by molar-refractivity contribution is 5.99. The van der Waals surface area contributed by atoms with Crippen molar-refractivity contribution in [2.45, 2.75) is 137 Å². The van der Waals surface area contributed by atoms with E-state index in [9.17, 15) is 0 Å². The zero-order valence-electron chi connectivity index (χ0n) is 30.5. The van der Waals surface area contributed by atoms with Crippen LogP contribution in [0.4, 0.5) is 0 Å². The molecule has 0 bridgehead atoms. The third-order valence-electron chi connectivity index (χ3n) is 10.9. The summed E-state index contributed by atoms with van der Waals surface area (Å²) < 4.78 is 0. The molecule has 0 heteroatoms. The van der Waals surface area contributed by atoms with Crippen LogP contribution in [0.15, 0.2) is 84.9 Å². The van der Waals surface area contributed by atoms with Crippen molar-refractivity contribution in [3.8, 4) is 11.1 Å². The first-order chi connectivity index (χ1) is 22.9. The summed E-state index contributed by atoms with van der Waals surface area (Å²) in [5.41, 5.74) is 16.9. The molecule has 1 aliphatic rings. The van der Waals surface area contributed by atoms with Crippen LogP contribution >= 0.6 is 0 Å². The Labute approximate surface area is 287 Å². The Morgan fingerprint density at radius 1 is 0.447 bits per heavy atom. The van der Waals surface area contributed by atoms with Gasteiger partial charge in [-0.25, -0.2) is 0 Å². The van der Waals surface area contributed by atoms with Crippen LogP contribution in [0.5, 0.6) is 0 Å². The minimum atomic E-state index is 0.0817. The SMILES string of the molecule is CCCCCCCCC1(CCCCCCCC)c2cc(C)ccc2-c2ccc(C(=C(C)c3ccc(C)cc3)c3ccc(C)cc3)cc21. The molecule has 4 aromatic carbocycles. The molecule has 4 aromatic rings. The summed E-state index contributed by atoms with van der Waals surface area (Å²) >= 11 is 0. The maximum atomic E-state index is 2.63. The number of rotatable bonds is 17. The first-order valence-corrected chi connectivity index (χ1v) is 19.0. The smallest absolute Gasteiger partial charge is 0.0215 e. The van der Waals surface area contributed by atoms with E-state index in [1.54, 1.807) is 11.1 Å². The summed E-state index contributed by atoms with van der Waals surface area (Å²) in [4.78, 5) is 0. The second-order valence-corrected chi connectivity index (χ2v) is 14.7. The van der Waals surface area contributed by atoms with Gasteiger partial charge in [0.1, 0.15) is 0 Å². The van der Waals surface area contributed by atoms with Gasteiger partial charge in [-0.05, 0) is 96.7 Å². The molecule has 0 nitrogen and oxygen atoms in total. The van der Waals surface area contributed by atoms with Crippen LogP contribution in [0.2, 0.25) is 0 Å². The van der Waals surface area contributed by atoms with E-state index in [1.807, 2.05) is 0 Å². The van der Waals surface area contributed by atoms with Crippen LogP contribution in [0.1, 0.15) is 155 Å². The number of fused-ring (bicyclic) bond motifs is 3. The molecule has 47 heavy (non-hydrogen) atoms. The van der Waals surface area contributed by atoms with Gasteiger partial charge in [0, 0.05) is 5.41 Å². The standard InChI is InChI=1S/C47H60/c1-7-9-11-13-15-17-31-47(32-18-16-14-12-10-8-2)44-33-37(5)23-29-42(44)43-30-28-41(34-45(43)47)46(40-26-21-36(4)22-27-40)38(6)39-24-19-35(3)20-25-39/h19-30,33-34H,7-18,31-32H2,1-6H3. The van der Waals surface area contributed by atoms with Crippen molar-refractivity contribution >= 4 is 11.1 Å². The van der Waals surface area contributed by atoms with Gasteiger partial charge in [0.25, 0.3) is 0 Å². The van der Waals surface area contributed by atoms with Crippen LogP contribution < -0.4 is 0 Å². The van der Waals surface area contributed by atoms with E-state index in [2.05, 4.69) is 126 Å². The molecule has 0 fully saturated rings. The lowest BCUT2D eigenvalue weighted by molar-refractivity contribution is 0.397. The third kappa shape index (κ3) is 8.20. The zero-order chi connectivity index (χ0) is 33.2. The predicted molar refractivity (Wildman–Crippen MR) is 207 cm³/mol. The van der Waals surface area contributed by atoms with E-state index in [1.165, 1.54) is 146 Å². The van der Waals surface area contributed by atoms with Crippen LogP contribution in [0.25, 0.3) is 22.3 Å². The van der Waals surface area contributed by atoms with Crippen LogP contribution in [-0.2, 0) is 5.41 Å². The normalized spacial score (nSPS) is 13.7. The maximum absolute atomic E-state index is 2.63. The molecule has 0 spiro atoms. The summed E-state index contributed by atoms with van der Waals surface area (Å²) in [7, 11) is 0. The predicted octanol–water partition coefficient (Wildman–Crippen LogP) is 14.4. The Morgan fingerprint density at radius 3 is 1.43 bits per heavy atom. The minimum absolute atomic E-state index is 0.0817. The fourth-order valence-electron chi connectivity index (χ4n) is 8.11. The molecule has 5 rings (SSSR count). The van der Waals surface area contributed by atoms with E-state index in [0.29, 0.717) is 0 Å². The molecule has 0 atom stereocenters.